The van der Waals surface area contributed by atoms with Crippen LogP contribution >= 0.6 is 0 Å². The number of rotatable bonds is 7. The van der Waals surface area contributed by atoms with Crippen molar-refractivity contribution in [3.63, 3.8) is 0 Å². The second kappa shape index (κ2) is 8.83. The van der Waals surface area contributed by atoms with Crippen molar-refractivity contribution in [2.24, 2.45) is 0 Å². The van der Waals surface area contributed by atoms with E-state index in [4.69, 9.17) is 14.2 Å². The Hall–Kier alpha value is -2.94. The highest BCUT2D eigenvalue weighted by molar-refractivity contribution is 7.92. The van der Waals surface area contributed by atoms with Gasteiger partial charge in [-0.1, -0.05) is 12.1 Å². The van der Waals surface area contributed by atoms with Gasteiger partial charge in [0, 0.05) is 6.07 Å². The first-order chi connectivity index (χ1) is 14.2. The summed E-state index contributed by atoms with van der Waals surface area (Å²) in [5, 5.41) is 2.88. The number of amides is 1. The van der Waals surface area contributed by atoms with E-state index in [2.05, 4.69) is 5.32 Å². The molecule has 9 heteroatoms. The summed E-state index contributed by atoms with van der Waals surface area (Å²) in [5.74, 6) is 1.29. The summed E-state index contributed by atoms with van der Waals surface area (Å²) in [4.78, 5) is 12.9. The lowest BCUT2D eigenvalue weighted by Gasteiger charge is -2.30. The number of ether oxygens (including phenoxy) is 3. The maximum absolute atomic E-state index is 12.9. The van der Waals surface area contributed by atoms with Gasteiger partial charge in [0.2, 0.25) is 15.9 Å². The van der Waals surface area contributed by atoms with Crippen molar-refractivity contribution in [3.8, 4) is 17.2 Å². The van der Waals surface area contributed by atoms with Crippen LogP contribution in [0.5, 0.6) is 17.2 Å². The molecule has 2 atom stereocenters. The number of anilines is 1. The molecule has 0 spiro atoms. The van der Waals surface area contributed by atoms with E-state index in [-0.39, 0.29) is 6.04 Å². The molecule has 1 heterocycles. The van der Waals surface area contributed by atoms with Gasteiger partial charge in [0.15, 0.2) is 11.5 Å². The van der Waals surface area contributed by atoms with E-state index in [0.717, 1.165) is 16.1 Å². The van der Waals surface area contributed by atoms with Crippen LogP contribution in [0.2, 0.25) is 0 Å². The fraction of sp³-hybridized carbons (Fsp3) is 0.381. The van der Waals surface area contributed by atoms with Gasteiger partial charge in [-0.25, -0.2) is 8.42 Å². The van der Waals surface area contributed by atoms with Crippen LogP contribution < -0.4 is 23.8 Å². The molecular formula is C21H26N2O6S. The summed E-state index contributed by atoms with van der Waals surface area (Å²) >= 11 is 0. The number of hydrogen-bond acceptors (Lipinski definition) is 6. The zero-order valence-corrected chi connectivity index (χ0v) is 18.2. The summed E-state index contributed by atoms with van der Waals surface area (Å²) in [6.07, 6.45) is 1.07. The van der Waals surface area contributed by atoms with Gasteiger partial charge < -0.3 is 19.5 Å². The Labute approximate surface area is 176 Å². The number of nitrogens with one attached hydrogen (secondary N) is 1. The second-order valence-corrected chi connectivity index (χ2v) is 8.93. The molecule has 0 bridgehead atoms. The van der Waals surface area contributed by atoms with Crippen LogP contribution in [0.4, 0.5) is 5.69 Å². The molecule has 30 heavy (non-hydrogen) atoms. The zero-order valence-electron chi connectivity index (χ0n) is 17.4. The van der Waals surface area contributed by atoms with E-state index in [1.54, 1.807) is 44.4 Å². The minimum atomic E-state index is -3.74. The van der Waals surface area contributed by atoms with Gasteiger partial charge in [0.25, 0.3) is 0 Å². The number of methoxy groups -OCH3 is 1. The van der Waals surface area contributed by atoms with Crippen molar-refractivity contribution in [2.45, 2.75) is 25.9 Å². The number of carbonyl (C=O) groups is 1. The molecule has 0 aromatic heterocycles. The molecule has 1 N–H and O–H groups in total. The average Bonchev–Trinajstić information content (AvgIpc) is 2.72. The van der Waals surface area contributed by atoms with Crippen LogP contribution in [0.1, 0.15) is 25.5 Å². The van der Waals surface area contributed by atoms with E-state index in [1.165, 1.54) is 0 Å². The highest BCUT2D eigenvalue weighted by Crippen LogP contribution is 2.35. The van der Waals surface area contributed by atoms with Gasteiger partial charge in [-0.05, 0) is 43.7 Å². The van der Waals surface area contributed by atoms with Gasteiger partial charge in [-0.15, -0.1) is 0 Å². The Kier molecular flexibility index (Phi) is 6.40. The highest BCUT2D eigenvalue weighted by Gasteiger charge is 2.31. The van der Waals surface area contributed by atoms with Gasteiger partial charge in [-0.3, -0.25) is 9.10 Å². The molecule has 0 saturated heterocycles. The molecule has 1 amide bonds. The Morgan fingerprint density at radius 1 is 1.07 bits per heavy atom. The number of carbonyl (C=O) groups excluding carboxylic acids is 1. The molecule has 0 saturated carbocycles. The van der Waals surface area contributed by atoms with Crippen LogP contribution in [0.25, 0.3) is 0 Å². The van der Waals surface area contributed by atoms with E-state index in [0.29, 0.717) is 36.1 Å². The van der Waals surface area contributed by atoms with Crippen LogP contribution in [0.3, 0.4) is 0 Å². The van der Waals surface area contributed by atoms with E-state index in [1.807, 2.05) is 19.1 Å². The highest BCUT2D eigenvalue weighted by atomic mass is 32.2. The van der Waals surface area contributed by atoms with Crippen molar-refractivity contribution in [3.05, 3.63) is 48.0 Å². The molecular weight excluding hydrogens is 408 g/mol. The smallest absolute Gasteiger partial charge is 0.244 e. The molecule has 8 nitrogen and oxygen atoms in total. The minimum Gasteiger partial charge on any atom is -0.497 e. The number of hydrogen-bond donors (Lipinski definition) is 1. The average molecular weight is 435 g/mol. The van der Waals surface area contributed by atoms with Crippen molar-refractivity contribution < 1.29 is 27.4 Å². The third kappa shape index (κ3) is 4.79. The molecule has 2 aromatic carbocycles. The third-order valence-corrected chi connectivity index (χ3v) is 6.08. The topological polar surface area (TPSA) is 94.2 Å². The van der Waals surface area contributed by atoms with Gasteiger partial charge in [0.05, 0.1) is 25.1 Å². The van der Waals surface area contributed by atoms with E-state index < -0.39 is 22.0 Å². The Morgan fingerprint density at radius 3 is 2.30 bits per heavy atom. The first-order valence-electron chi connectivity index (χ1n) is 9.54. The number of fused-ring (bicyclic) bond motifs is 1. The molecule has 162 valence electrons. The van der Waals surface area contributed by atoms with Gasteiger partial charge >= 0.3 is 0 Å². The Morgan fingerprint density at radius 2 is 1.70 bits per heavy atom. The number of benzene rings is 2. The van der Waals surface area contributed by atoms with Crippen LogP contribution in [0.15, 0.2) is 42.5 Å². The molecule has 1 aliphatic heterocycles. The van der Waals surface area contributed by atoms with Crippen LogP contribution in [-0.2, 0) is 14.8 Å². The third-order valence-electron chi connectivity index (χ3n) is 4.84. The number of nitrogens with zero attached hydrogens (tertiary/aromatic N) is 1. The quantitative estimate of drug-likeness (QED) is 0.720. The number of sulfonamides is 1. The first kappa shape index (κ1) is 21.8. The molecule has 0 radical (unpaired) electrons. The van der Waals surface area contributed by atoms with Crippen molar-refractivity contribution >= 4 is 21.6 Å². The predicted molar refractivity (Wildman–Crippen MR) is 114 cm³/mol. The normalized spacial score (nSPS) is 15.1. The monoisotopic (exact) mass is 434 g/mol. The predicted octanol–water partition coefficient (Wildman–Crippen LogP) is 2.50. The molecule has 2 aromatic rings. The molecule has 0 unspecified atom stereocenters. The van der Waals surface area contributed by atoms with Gasteiger partial charge in [0.1, 0.15) is 25.0 Å². The fourth-order valence-corrected chi connectivity index (χ4v) is 4.45. The lowest BCUT2D eigenvalue weighted by atomic mass is 10.1. The van der Waals surface area contributed by atoms with Crippen LogP contribution in [-0.4, -0.2) is 46.9 Å². The molecule has 1 aliphatic rings. The first-order valence-corrected chi connectivity index (χ1v) is 11.4. The standard InChI is InChI=1S/C21H26N2O6S/c1-14(16-5-8-18(27-3)9-6-16)22-21(24)15(2)23(30(4,25)26)17-7-10-19-20(13-17)29-12-11-28-19/h5-10,13-15H,11-12H2,1-4H3,(H,22,24)/t14-,15+/m0/s1. The summed E-state index contributed by atoms with van der Waals surface area (Å²) in [7, 11) is -2.16. The molecule has 3 rings (SSSR count). The zero-order chi connectivity index (χ0) is 21.9. The van der Waals surface area contributed by atoms with E-state index in [9.17, 15) is 13.2 Å². The fourth-order valence-electron chi connectivity index (χ4n) is 3.29. The largest absolute Gasteiger partial charge is 0.497 e. The minimum absolute atomic E-state index is 0.312. The summed E-state index contributed by atoms with van der Waals surface area (Å²) in [6.45, 7) is 4.20. The van der Waals surface area contributed by atoms with Crippen molar-refractivity contribution in [1.82, 2.24) is 5.32 Å². The summed E-state index contributed by atoms with van der Waals surface area (Å²) in [5.41, 5.74) is 1.21. The Bertz CT molecular complexity index is 1010. The lowest BCUT2D eigenvalue weighted by molar-refractivity contribution is -0.122. The SMILES string of the molecule is COc1ccc([C@H](C)NC(=O)[C@@H](C)N(c2ccc3c(c2)OCCO3)S(C)(=O)=O)cc1. The summed E-state index contributed by atoms with van der Waals surface area (Å²) in [6, 6.07) is 10.9. The van der Waals surface area contributed by atoms with E-state index >= 15 is 0 Å². The second-order valence-electron chi connectivity index (χ2n) is 7.07. The maximum atomic E-state index is 12.9. The molecule has 0 fully saturated rings. The maximum Gasteiger partial charge on any atom is 0.244 e. The van der Waals surface area contributed by atoms with Crippen LogP contribution in [0, 0.1) is 0 Å². The van der Waals surface area contributed by atoms with Gasteiger partial charge in [-0.2, -0.15) is 0 Å². The molecule has 0 aliphatic carbocycles. The summed E-state index contributed by atoms with van der Waals surface area (Å²) < 4.78 is 42.3. The lowest BCUT2D eigenvalue weighted by Crippen LogP contribution is -2.48. The van der Waals surface area contributed by atoms with Crippen molar-refractivity contribution in [2.75, 3.05) is 30.9 Å². The van der Waals surface area contributed by atoms with Crippen molar-refractivity contribution in [1.29, 1.82) is 0 Å². The Balaban J connectivity index is 1.81.